The lowest BCUT2D eigenvalue weighted by atomic mass is 9.87. The van der Waals surface area contributed by atoms with Crippen LogP contribution < -0.4 is 0 Å². The predicted octanol–water partition coefficient (Wildman–Crippen LogP) is 4.04. The molecule has 0 amide bonds. The highest BCUT2D eigenvalue weighted by molar-refractivity contribution is 5.32. The van der Waals surface area contributed by atoms with Gasteiger partial charge in [-0.2, -0.15) is 0 Å². The molecule has 1 saturated carbocycles. The van der Waals surface area contributed by atoms with E-state index in [0.29, 0.717) is 11.5 Å². The van der Waals surface area contributed by atoms with Gasteiger partial charge in [-0.15, -0.1) is 0 Å². The summed E-state index contributed by atoms with van der Waals surface area (Å²) >= 11 is 0. The second-order valence-corrected chi connectivity index (χ2v) is 5.00. The summed E-state index contributed by atoms with van der Waals surface area (Å²) in [6, 6.07) is 3.97. The van der Waals surface area contributed by atoms with Crippen molar-refractivity contribution < 1.29 is 8.78 Å². The molecule has 0 unspecified atom stereocenters. The highest BCUT2D eigenvalue weighted by atomic mass is 19.1. The van der Waals surface area contributed by atoms with Crippen molar-refractivity contribution in [1.82, 2.24) is 0 Å². The minimum Gasteiger partial charge on any atom is -0.207 e. The molecular weight excluding hydrogens is 194 g/mol. The van der Waals surface area contributed by atoms with Crippen molar-refractivity contribution in [2.45, 2.75) is 38.5 Å². The van der Waals surface area contributed by atoms with Crippen molar-refractivity contribution in [1.29, 1.82) is 0 Å². The van der Waals surface area contributed by atoms with Crippen molar-refractivity contribution in [2.75, 3.05) is 0 Å². The Bertz CT molecular complexity index is 365. The van der Waals surface area contributed by atoms with Crippen LogP contribution in [-0.2, 0) is 5.41 Å². The number of benzene rings is 1. The van der Waals surface area contributed by atoms with Crippen LogP contribution in [0.25, 0.3) is 0 Å². The molecule has 0 aliphatic heterocycles. The molecule has 0 bridgehead atoms. The van der Waals surface area contributed by atoms with E-state index in [1.54, 1.807) is 6.07 Å². The molecule has 0 radical (unpaired) electrons. The predicted molar refractivity (Wildman–Crippen MR) is 56.7 cm³/mol. The topological polar surface area (TPSA) is 0 Å². The van der Waals surface area contributed by atoms with Crippen molar-refractivity contribution >= 4 is 0 Å². The zero-order valence-electron chi connectivity index (χ0n) is 9.19. The van der Waals surface area contributed by atoms with Gasteiger partial charge in [-0.05, 0) is 42.2 Å². The normalized spacial score (nSPS) is 18.2. The third kappa shape index (κ3) is 2.04. The van der Waals surface area contributed by atoms with E-state index in [0.717, 1.165) is 25.3 Å². The molecule has 2 heteroatoms. The third-order valence-corrected chi connectivity index (χ3v) is 3.16. The van der Waals surface area contributed by atoms with Crippen LogP contribution in [0.15, 0.2) is 18.2 Å². The van der Waals surface area contributed by atoms with Crippen LogP contribution in [0, 0.1) is 17.6 Å². The van der Waals surface area contributed by atoms with Gasteiger partial charge in [0.25, 0.3) is 0 Å². The van der Waals surface area contributed by atoms with Crippen LogP contribution in [0.4, 0.5) is 8.78 Å². The fourth-order valence-corrected chi connectivity index (χ4v) is 2.44. The molecule has 1 fully saturated rings. The van der Waals surface area contributed by atoms with E-state index in [2.05, 4.69) is 13.8 Å². The van der Waals surface area contributed by atoms with Crippen LogP contribution in [0.1, 0.15) is 38.7 Å². The molecular formula is C13H16F2. The Morgan fingerprint density at radius 2 is 1.93 bits per heavy atom. The van der Waals surface area contributed by atoms with Crippen LogP contribution in [0.3, 0.4) is 0 Å². The van der Waals surface area contributed by atoms with Crippen LogP contribution >= 0.6 is 0 Å². The van der Waals surface area contributed by atoms with Gasteiger partial charge in [-0.1, -0.05) is 19.9 Å². The fraction of sp³-hybridized carbons (Fsp3) is 0.538. The maximum absolute atomic E-state index is 13.6. The Morgan fingerprint density at radius 3 is 2.40 bits per heavy atom. The van der Waals surface area contributed by atoms with E-state index >= 15 is 0 Å². The lowest BCUT2D eigenvalue weighted by Crippen LogP contribution is -2.12. The first-order valence-corrected chi connectivity index (χ1v) is 5.49. The molecule has 1 aromatic rings. The number of hydrogen-bond acceptors (Lipinski definition) is 0. The molecule has 0 saturated heterocycles. The van der Waals surface area contributed by atoms with Crippen molar-refractivity contribution in [2.24, 2.45) is 5.92 Å². The van der Waals surface area contributed by atoms with Gasteiger partial charge < -0.3 is 0 Å². The van der Waals surface area contributed by atoms with Crippen molar-refractivity contribution in [3.63, 3.8) is 0 Å². The average molecular weight is 210 g/mol. The summed E-state index contributed by atoms with van der Waals surface area (Å²) in [7, 11) is 0. The summed E-state index contributed by atoms with van der Waals surface area (Å²) in [5.74, 6) is -0.318. The maximum Gasteiger partial charge on any atom is 0.129 e. The number of halogens is 2. The molecule has 15 heavy (non-hydrogen) atoms. The number of hydrogen-bond donors (Lipinski definition) is 0. The molecule has 0 N–H and O–H groups in total. The number of rotatable bonds is 3. The SMILES string of the molecule is CC(C)CC1(c2ccc(F)cc2F)CC1. The largest absolute Gasteiger partial charge is 0.207 e. The molecule has 0 spiro atoms. The van der Waals surface area contributed by atoms with Gasteiger partial charge in [0.1, 0.15) is 11.6 Å². The summed E-state index contributed by atoms with van der Waals surface area (Å²) in [5.41, 5.74) is 0.712. The second-order valence-electron chi connectivity index (χ2n) is 5.00. The van der Waals surface area contributed by atoms with E-state index in [4.69, 9.17) is 0 Å². The molecule has 1 aliphatic rings. The highest BCUT2D eigenvalue weighted by Crippen LogP contribution is 2.53. The smallest absolute Gasteiger partial charge is 0.129 e. The molecule has 2 rings (SSSR count). The van der Waals surface area contributed by atoms with Gasteiger partial charge in [-0.25, -0.2) is 8.78 Å². The fourth-order valence-electron chi connectivity index (χ4n) is 2.44. The quantitative estimate of drug-likeness (QED) is 0.706. The first-order valence-electron chi connectivity index (χ1n) is 5.49. The monoisotopic (exact) mass is 210 g/mol. The third-order valence-electron chi connectivity index (χ3n) is 3.16. The van der Waals surface area contributed by atoms with Gasteiger partial charge >= 0.3 is 0 Å². The Hall–Kier alpha value is -0.920. The van der Waals surface area contributed by atoms with Gasteiger partial charge in [0.2, 0.25) is 0 Å². The van der Waals surface area contributed by atoms with E-state index in [1.165, 1.54) is 6.07 Å². The Morgan fingerprint density at radius 1 is 1.27 bits per heavy atom. The van der Waals surface area contributed by atoms with Gasteiger partial charge in [0, 0.05) is 6.07 Å². The molecule has 0 nitrogen and oxygen atoms in total. The summed E-state index contributed by atoms with van der Waals surface area (Å²) in [6.07, 6.45) is 3.07. The summed E-state index contributed by atoms with van der Waals surface area (Å²) in [6.45, 7) is 4.28. The molecule has 0 atom stereocenters. The van der Waals surface area contributed by atoms with E-state index in [1.807, 2.05) is 0 Å². The van der Waals surface area contributed by atoms with E-state index < -0.39 is 5.82 Å². The Kier molecular flexibility index (Phi) is 2.53. The van der Waals surface area contributed by atoms with Crippen molar-refractivity contribution in [3.05, 3.63) is 35.4 Å². The lowest BCUT2D eigenvalue weighted by Gasteiger charge is -2.18. The zero-order valence-corrected chi connectivity index (χ0v) is 9.19. The van der Waals surface area contributed by atoms with Crippen LogP contribution in [0.5, 0.6) is 0 Å². The molecule has 0 heterocycles. The minimum atomic E-state index is -0.489. The Labute approximate surface area is 89.3 Å². The summed E-state index contributed by atoms with van der Waals surface area (Å²) < 4.78 is 26.4. The maximum atomic E-state index is 13.6. The van der Waals surface area contributed by atoms with Crippen LogP contribution in [0.2, 0.25) is 0 Å². The van der Waals surface area contributed by atoms with E-state index in [-0.39, 0.29) is 11.2 Å². The molecule has 1 aromatic carbocycles. The van der Waals surface area contributed by atoms with E-state index in [9.17, 15) is 8.78 Å². The van der Waals surface area contributed by atoms with Gasteiger partial charge in [-0.3, -0.25) is 0 Å². The zero-order chi connectivity index (χ0) is 11.1. The van der Waals surface area contributed by atoms with Gasteiger partial charge in [0.05, 0.1) is 0 Å². The minimum absolute atomic E-state index is 0.00590. The first kappa shape index (κ1) is 10.6. The summed E-state index contributed by atoms with van der Waals surface area (Å²) in [4.78, 5) is 0. The highest BCUT2D eigenvalue weighted by Gasteiger charge is 2.45. The van der Waals surface area contributed by atoms with Gasteiger partial charge in [0.15, 0.2) is 0 Å². The first-order chi connectivity index (χ1) is 7.03. The van der Waals surface area contributed by atoms with Crippen molar-refractivity contribution in [3.8, 4) is 0 Å². The molecule has 0 aromatic heterocycles. The second kappa shape index (κ2) is 3.58. The Balaban J connectivity index is 2.29. The molecule has 1 aliphatic carbocycles. The van der Waals surface area contributed by atoms with Crippen LogP contribution in [-0.4, -0.2) is 0 Å². The average Bonchev–Trinajstić information content (AvgIpc) is 2.83. The molecule has 82 valence electrons. The standard InChI is InChI=1S/C13H16F2/c1-9(2)8-13(5-6-13)11-4-3-10(14)7-12(11)15/h3-4,7,9H,5-6,8H2,1-2H3. The summed E-state index contributed by atoms with van der Waals surface area (Å²) in [5, 5.41) is 0. The lowest BCUT2D eigenvalue weighted by molar-refractivity contribution is 0.463.